The Kier molecular flexibility index (Phi) is 5.85. The first-order valence-electron chi connectivity index (χ1n) is 10.00. The van der Waals surface area contributed by atoms with Crippen LogP contribution in [0.5, 0.6) is 0 Å². The van der Waals surface area contributed by atoms with Crippen molar-refractivity contribution >= 4 is 38.2 Å². The summed E-state index contributed by atoms with van der Waals surface area (Å²) in [5.74, 6) is 0.0820. The third-order valence-corrected chi connectivity index (χ3v) is 6.24. The van der Waals surface area contributed by atoms with E-state index in [9.17, 15) is 13.2 Å². The summed E-state index contributed by atoms with van der Waals surface area (Å²) in [4.78, 5) is 16.9. The minimum absolute atomic E-state index is 0.0221. The molecule has 0 saturated heterocycles. The van der Waals surface area contributed by atoms with Crippen molar-refractivity contribution in [3.8, 4) is 0 Å². The number of hydrogen-bond acceptors (Lipinski definition) is 5. The highest BCUT2D eigenvalue weighted by Crippen LogP contribution is 2.45. The number of nitrogens with one attached hydrogen (secondary N) is 1. The Balaban J connectivity index is 1.60. The summed E-state index contributed by atoms with van der Waals surface area (Å²) >= 11 is 6.48. The van der Waals surface area contributed by atoms with Crippen LogP contribution < -0.4 is 5.32 Å². The number of sulfone groups is 1. The van der Waals surface area contributed by atoms with Gasteiger partial charge in [-0.1, -0.05) is 35.9 Å². The van der Waals surface area contributed by atoms with Gasteiger partial charge in [-0.05, 0) is 43.4 Å². The molecule has 0 radical (unpaired) electrons. The third-order valence-electron chi connectivity index (χ3n) is 5.24. The number of aromatic nitrogens is 3. The van der Waals surface area contributed by atoms with Gasteiger partial charge in [0.25, 0.3) is 5.91 Å². The van der Waals surface area contributed by atoms with Crippen LogP contribution in [0.2, 0.25) is 5.02 Å². The first-order valence-corrected chi connectivity index (χ1v) is 12.3. The van der Waals surface area contributed by atoms with Crippen LogP contribution in [0.15, 0.2) is 54.2 Å². The Morgan fingerprint density at radius 1 is 1.29 bits per heavy atom. The van der Waals surface area contributed by atoms with Crippen LogP contribution in [0.1, 0.15) is 41.9 Å². The lowest BCUT2D eigenvalue weighted by atomic mass is 10.0. The molecule has 1 aromatic carbocycles. The van der Waals surface area contributed by atoms with E-state index < -0.39 is 15.9 Å². The van der Waals surface area contributed by atoms with Gasteiger partial charge in [0.15, 0.2) is 9.84 Å². The maximum absolute atomic E-state index is 12.5. The van der Waals surface area contributed by atoms with Crippen LogP contribution in [-0.2, 0) is 9.84 Å². The molecule has 1 fully saturated rings. The van der Waals surface area contributed by atoms with Crippen molar-refractivity contribution in [2.24, 2.45) is 5.92 Å². The van der Waals surface area contributed by atoms with E-state index in [1.165, 1.54) is 6.08 Å². The topological polar surface area (TPSA) is 94.0 Å². The van der Waals surface area contributed by atoms with Crippen molar-refractivity contribution in [1.29, 1.82) is 0 Å². The van der Waals surface area contributed by atoms with E-state index in [1.54, 1.807) is 25.4 Å². The van der Waals surface area contributed by atoms with E-state index in [2.05, 4.69) is 15.4 Å². The summed E-state index contributed by atoms with van der Waals surface area (Å²) in [5.41, 5.74) is 2.11. The van der Waals surface area contributed by atoms with Crippen LogP contribution in [0.3, 0.4) is 0 Å². The summed E-state index contributed by atoms with van der Waals surface area (Å²) in [7, 11) is -3.25. The molecular formula is C22H23ClN4O3S. The second kappa shape index (κ2) is 8.43. The normalized spacial score (nSPS) is 16.5. The van der Waals surface area contributed by atoms with E-state index in [1.807, 2.05) is 28.9 Å². The number of rotatable bonds is 7. The predicted molar refractivity (Wildman–Crippen MR) is 121 cm³/mol. The van der Waals surface area contributed by atoms with Gasteiger partial charge in [0.1, 0.15) is 5.69 Å². The van der Waals surface area contributed by atoms with Crippen molar-refractivity contribution in [3.05, 3.63) is 70.5 Å². The third kappa shape index (κ3) is 4.97. The number of nitrogens with zero attached hydrogens (tertiary/aromatic N) is 3. The Bertz CT molecular complexity index is 1260. The highest BCUT2D eigenvalue weighted by molar-refractivity contribution is 7.93. The highest BCUT2D eigenvalue weighted by atomic mass is 35.5. The Labute approximate surface area is 186 Å². The molecule has 0 aliphatic heterocycles. The van der Waals surface area contributed by atoms with E-state index in [0.29, 0.717) is 10.9 Å². The van der Waals surface area contributed by atoms with Crippen molar-refractivity contribution in [2.75, 3.05) is 6.26 Å². The molecule has 9 heteroatoms. The molecule has 2 aromatic heterocycles. The molecule has 2 heterocycles. The zero-order valence-corrected chi connectivity index (χ0v) is 18.8. The monoisotopic (exact) mass is 458 g/mol. The number of amides is 1. The first kappa shape index (κ1) is 21.5. The molecule has 1 N–H and O–H groups in total. The highest BCUT2D eigenvalue weighted by Gasteiger charge is 2.36. The number of fused-ring (bicyclic) bond motifs is 1. The maximum atomic E-state index is 12.5. The van der Waals surface area contributed by atoms with Gasteiger partial charge in [0.2, 0.25) is 0 Å². The number of carbonyl (C=O) groups excluding carboxylic acids is 1. The summed E-state index contributed by atoms with van der Waals surface area (Å²) in [6, 6.07) is 9.06. The Hall–Kier alpha value is -2.71. The number of pyridine rings is 1. The summed E-state index contributed by atoms with van der Waals surface area (Å²) in [6.45, 7) is 1.69. The van der Waals surface area contributed by atoms with Crippen LogP contribution in [-0.4, -0.2) is 41.4 Å². The zero-order chi connectivity index (χ0) is 22.2. The molecule has 0 bridgehead atoms. The summed E-state index contributed by atoms with van der Waals surface area (Å²) < 4.78 is 24.4. The van der Waals surface area contributed by atoms with Gasteiger partial charge >= 0.3 is 0 Å². The van der Waals surface area contributed by atoms with E-state index in [0.717, 1.165) is 41.0 Å². The van der Waals surface area contributed by atoms with Crippen molar-refractivity contribution in [3.63, 3.8) is 0 Å². The summed E-state index contributed by atoms with van der Waals surface area (Å²) in [6.07, 6.45) is 8.14. The fourth-order valence-corrected chi connectivity index (χ4v) is 4.36. The lowest BCUT2D eigenvalue weighted by molar-refractivity contribution is 0.0942. The van der Waals surface area contributed by atoms with Crippen LogP contribution in [0.25, 0.3) is 10.9 Å². The molecular weight excluding hydrogens is 436 g/mol. The van der Waals surface area contributed by atoms with Gasteiger partial charge in [-0.25, -0.2) is 13.4 Å². The SMILES string of the molecule is C[C@H](/C=C/S(C)(=O)=O)NC(=O)c1cc2cnn(C(c3ccccc3Cl)C3CC3)c2cn1. The molecule has 3 aromatic rings. The van der Waals surface area contributed by atoms with Crippen molar-refractivity contribution < 1.29 is 13.2 Å². The second-order valence-corrected chi connectivity index (χ2v) is 10.3. The molecule has 2 atom stereocenters. The lowest BCUT2D eigenvalue weighted by Gasteiger charge is -2.20. The number of carbonyl (C=O) groups is 1. The number of halogens is 1. The average Bonchev–Trinajstić information content (AvgIpc) is 3.47. The van der Waals surface area contributed by atoms with Crippen molar-refractivity contribution in [1.82, 2.24) is 20.1 Å². The van der Waals surface area contributed by atoms with Crippen LogP contribution >= 0.6 is 11.6 Å². The molecule has 1 aliphatic carbocycles. The smallest absolute Gasteiger partial charge is 0.270 e. The van der Waals surface area contributed by atoms with E-state index in [-0.39, 0.29) is 17.6 Å². The molecule has 0 spiro atoms. The van der Waals surface area contributed by atoms with Gasteiger partial charge in [-0.2, -0.15) is 5.10 Å². The number of hydrogen-bond donors (Lipinski definition) is 1. The zero-order valence-electron chi connectivity index (χ0n) is 17.2. The van der Waals surface area contributed by atoms with Crippen LogP contribution in [0, 0.1) is 5.92 Å². The molecule has 1 aliphatic rings. The standard InChI is InChI=1S/C22H23ClN4O3S/c1-14(9-10-31(2,29)30)26-22(28)19-11-16-12-25-27(20(16)13-24-19)21(15-7-8-15)17-5-3-4-6-18(17)23/h3-6,9-15,21H,7-8H2,1-2H3,(H,26,28)/b10-9+/t14-,21?/m1/s1. The van der Waals surface area contributed by atoms with Crippen molar-refractivity contribution in [2.45, 2.75) is 31.8 Å². The minimum atomic E-state index is -3.25. The van der Waals surface area contributed by atoms with Gasteiger partial charge in [-0.3, -0.25) is 9.48 Å². The first-order chi connectivity index (χ1) is 14.7. The maximum Gasteiger partial charge on any atom is 0.270 e. The summed E-state index contributed by atoms with van der Waals surface area (Å²) in [5, 5.41) is 9.92. The number of benzene rings is 1. The van der Waals surface area contributed by atoms with E-state index in [4.69, 9.17) is 11.6 Å². The second-order valence-electron chi connectivity index (χ2n) is 7.94. The molecule has 4 rings (SSSR count). The van der Waals surface area contributed by atoms with Gasteiger partial charge in [0, 0.05) is 28.1 Å². The Morgan fingerprint density at radius 2 is 2.03 bits per heavy atom. The molecule has 1 saturated carbocycles. The molecule has 1 unspecified atom stereocenters. The Morgan fingerprint density at radius 3 is 2.71 bits per heavy atom. The molecule has 1 amide bonds. The van der Waals surface area contributed by atoms with E-state index >= 15 is 0 Å². The fourth-order valence-electron chi connectivity index (χ4n) is 3.59. The minimum Gasteiger partial charge on any atom is -0.345 e. The lowest BCUT2D eigenvalue weighted by Crippen LogP contribution is -2.31. The quantitative estimate of drug-likeness (QED) is 0.581. The average molecular weight is 459 g/mol. The molecule has 31 heavy (non-hydrogen) atoms. The largest absolute Gasteiger partial charge is 0.345 e. The van der Waals surface area contributed by atoms with Gasteiger partial charge in [0.05, 0.1) is 24.0 Å². The fraction of sp³-hybridized carbons (Fsp3) is 0.318. The molecule has 7 nitrogen and oxygen atoms in total. The van der Waals surface area contributed by atoms with Gasteiger partial charge < -0.3 is 5.32 Å². The van der Waals surface area contributed by atoms with Gasteiger partial charge in [-0.15, -0.1) is 0 Å². The molecule has 162 valence electrons. The predicted octanol–water partition coefficient (Wildman–Crippen LogP) is 3.76. The van der Waals surface area contributed by atoms with Crippen LogP contribution in [0.4, 0.5) is 0 Å².